The SMILES string of the molecule is COc1ccc(CN(c2ncccn2)S(=O)(=O)c2c(F)cc(F)cc2F)c(OC)c1. The molecule has 3 aromatic rings. The highest BCUT2D eigenvalue weighted by atomic mass is 32.2. The van der Waals surface area contributed by atoms with Crippen LogP contribution in [0.2, 0.25) is 0 Å². The number of anilines is 1. The van der Waals surface area contributed by atoms with Crippen molar-refractivity contribution in [2.24, 2.45) is 0 Å². The van der Waals surface area contributed by atoms with Crippen LogP contribution in [0.5, 0.6) is 11.5 Å². The van der Waals surface area contributed by atoms with Gasteiger partial charge in [-0.2, -0.15) is 0 Å². The lowest BCUT2D eigenvalue weighted by Gasteiger charge is -2.24. The van der Waals surface area contributed by atoms with Crippen LogP contribution in [0.1, 0.15) is 5.56 Å². The van der Waals surface area contributed by atoms with E-state index in [2.05, 4.69) is 9.97 Å². The first-order valence-electron chi connectivity index (χ1n) is 8.43. The number of hydrogen-bond donors (Lipinski definition) is 0. The van der Waals surface area contributed by atoms with Gasteiger partial charge in [0.2, 0.25) is 5.95 Å². The van der Waals surface area contributed by atoms with Gasteiger partial charge in [-0.3, -0.25) is 0 Å². The number of hydrogen-bond acceptors (Lipinski definition) is 6. The average molecular weight is 439 g/mol. The predicted molar refractivity (Wildman–Crippen MR) is 101 cm³/mol. The van der Waals surface area contributed by atoms with Crippen LogP contribution in [-0.4, -0.2) is 32.6 Å². The Labute approximate surface area is 170 Å². The molecule has 0 saturated heterocycles. The summed E-state index contributed by atoms with van der Waals surface area (Å²) < 4.78 is 79.3. The van der Waals surface area contributed by atoms with E-state index in [4.69, 9.17) is 9.47 Å². The molecule has 0 unspecified atom stereocenters. The van der Waals surface area contributed by atoms with E-state index in [-0.39, 0.29) is 23.8 Å². The lowest BCUT2D eigenvalue weighted by molar-refractivity contribution is 0.391. The number of benzene rings is 2. The molecule has 7 nitrogen and oxygen atoms in total. The molecule has 0 aliphatic carbocycles. The number of rotatable bonds is 7. The van der Waals surface area contributed by atoms with E-state index in [1.54, 1.807) is 6.07 Å². The molecular formula is C19H16F3N3O4S. The van der Waals surface area contributed by atoms with Crippen LogP contribution >= 0.6 is 0 Å². The van der Waals surface area contributed by atoms with Gasteiger partial charge in [-0.25, -0.2) is 35.9 Å². The Balaban J connectivity index is 2.16. The minimum absolute atomic E-state index is 0.269. The van der Waals surface area contributed by atoms with Crippen LogP contribution in [-0.2, 0) is 16.6 Å². The largest absolute Gasteiger partial charge is 0.497 e. The zero-order chi connectivity index (χ0) is 21.9. The summed E-state index contributed by atoms with van der Waals surface area (Å²) in [4.78, 5) is 6.45. The Morgan fingerprint density at radius 2 is 1.60 bits per heavy atom. The van der Waals surface area contributed by atoms with E-state index in [9.17, 15) is 21.6 Å². The molecule has 3 rings (SSSR count). The first-order chi connectivity index (χ1) is 14.3. The summed E-state index contributed by atoms with van der Waals surface area (Å²) >= 11 is 0. The van der Waals surface area contributed by atoms with Crippen molar-refractivity contribution in [3.63, 3.8) is 0 Å². The van der Waals surface area contributed by atoms with Gasteiger partial charge in [-0.15, -0.1) is 0 Å². The fourth-order valence-electron chi connectivity index (χ4n) is 2.71. The molecule has 0 aliphatic heterocycles. The monoisotopic (exact) mass is 439 g/mol. The second kappa shape index (κ2) is 8.57. The molecule has 11 heteroatoms. The minimum Gasteiger partial charge on any atom is -0.497 e. The number of aromatic nitrogens is 2. The smallest absolute Gasteiger partial charge is 0.272 e. The summed E-state index contributed by atoms with van der Waals surface area (Å²) in [5.41, 5.74) is 0.345. The summed E-state index contributed by atoms with van der Waals surface area (Å²) in [5.74, 6) is -4.01. The van der Waals surface area contributed by atoms with Gasteiger partial charge in [-0.05, 0) is 18.2 Å². The predicted octanol–water partition coefficient (Wildman–Crippen LogP) is 3.31. The van der Waals surface area contributed by atoms with Gasteiger partial charge in [0.1, 0.15) is 29.0 Å². The number of methoxy groups -OCH3 is 2. The molecule has 0 spiro atoms. The maximum atomic E-state index is 14.3. The standard InChI is InChI=1S/C19H16F3N3O4S/c1-28-14-5-4-12(17(10-14)29-2)11-25(19-23-6-3-7-24-19)30(26,27)18-15(21)8-13(20)9-16(18)22/h3-10H,11H2,1-2H3. The third kappa shape index (κ3) is 4.15. The van der Waals surface area contributed by atoms with Gasteiger partial charge in [0, 0.05) is 36.2 Å². The Morgan fingerprint density at radius 1 is 0.967 bits per heavy atom. The van der Waals surface area contributed by atoms with Crippen molar-refractivity contribution < 1.29 is 31.1 Å². The second-order valence-corrected chi connectivity index (χ2v) is 7.74. The fraction of sp³-hybridized carbons (Fsp3) is 0.158. The van der Waals surface area contributed by atoms with Crippen LogP contribution in [0.15, 0.2) is 53.7 Å². The highest BCUT2D eigenvalue weighted by Gasteiger charge is 2.34. The molecule has 0 fully saturated rings. The van der Waals surface area contributed by atoms with Gasteiger partial charge in [0.25, 0.3) is 10.0 Å². The third-order valence-corrected chi connectivity index (χ3v) is 5.87. The van der Waals surface area contributed by atoms with Crippen molar-refractivity contribution in [3.05, 3.63) is 71.8 Å². The maximum absolute atomic E-state index is 14.3. The van der Waals surface area contributed by atoms with Crippen LogP contribution in [0.4, 0.5) is 19.1 Å². The highest BCUT2D eigenvalue weighted by Crippen LogP contribution is 2.31. The summed E-state index contributed by atoms with van der Waals surface area (Å²) in [5, 5.41) is 0. The molecule has 2 aromatic carbocycles. The first-order valence-corrected chi connectivity index (χ1v) is 9.87. The number of ether oxygens (including phenoxy) is 2. The number of halogens is 3. The van der Waals surface area contributed by atoms with Crippen LogP contribution in [0.3, 0.4) is 0 Å². The van der Waals surface area contributed by atoms with Crippen molar-refractivity contribution in [2.45, 2.75) is 11.4 Å². The molecule has 30 heavy (non-hydrogen) atoms. The molecule has 0 amide bonds. The van der Waals surface area contributed by atoms with Crippen molar-refractivity contribution >= 4 is 16.0 Å². The van der Waals surface area contributed by atoms with Gasteiger partial charge < -0.3 is 9.47 Å². The Hall–Kier alpha value is -3.34. The molecule has 0 saturated carbocycles. The van der Waals surface area contributed by atoms with Crippen LogP contribution < -0.4 is 13.8 Å². The first kappa shape index (κ1) is 21.4. The van der Waals surface area contributed by atoms with E-state index in [0.717, 1.165) is 0 Å². The van der Waals surface area contributed by atoms with Gasteiger partial charge >= 0.3 is 0 Å². The van der Waals surface area contributed by atoms with E-state index in [0.29, 0.717) is 15.6 Å². The lowest BCUT2D eigenvalue weighted by atomic mass is 10.2. The van der Waals surface area contributed by atoms with E-state index < -0.39 is 38.9 Å². The molecule has 0 bridgehead atoms. The topological polar surface area (TPSA) is 81.6 Å². The van der Waals surface area contributed by atoms with E-state index in [1.807, 2.05) is 0 Å². The summed E-state index contributed by atoms with van der Waals surface area (Å²) in [6.07, 6.45) is 2.54. The molecule has 0 atom stereocenters. The van der Waals surface area contributed by atoms with E-state index in [1.165, 1.54) is 44.8 Å². The van der Waals surface area contributed by atoms with Gasteiger partial charge in [0.15, 0.2) is 4.90 Å². The molecule has 158 valence electrons. The van der Waals surface area contributed by atoms with Crippen molar-refractivity contribution in [2.75, 3.05) is 18.5 Å². The molecule has 1 heterocycles. The number of nitrogens with zero attached hydrogens (tertiary/aromatic N) is 3. The van der Waals surface area contributed by atoms with Crippen LogP contribution in [0, 0.1) is 17.5 Å². The minimum atomic E-state index is -4.87. The molecule has 0 aliphatic rings. The molecule has 1 aromatic heterocycles. The van der Waals surface area contributed by atoms with E-state index >= 15 is 0 Å². The average Bonchev–Trinajstić information content (AvgIpc) is 2.71. The lowest BCUT2D eigenvalue weighted by Crippen LogP contribution is -2.33. The number of sulfonamides is 1. The van der Waals surface area contributed by atoms with Crippen molar-refractivity contribution in [1.82, 2.24) is 9.97 Å². The maximum Gasteiger partial charge on any atom is 0.272 e. The normalized spacial score (nSPS) is 11.2. The van der Waals surface area contributed by atoms with Crippen molar-refractivity contribution in [1.29, 1.82) is 0 Å². The summed E-state index contributed by atoms with van der Waals surface area (Å²) in [7, 11) is -2.05. The molecule has 0 N–H and O–H groups in total. The fourth-order valence-corrected chi connectivity index (χ4v) is 4.16. The third-order valence-electron chi connectivity index (χ3n) is 4.09. The Morgan fingerprint density at radius 3 is 2.17 bits per heavy atom. The zero-order valence-electron chi connectivity index (χ0n) is 15.8. The Bertz CT molecular complexity index is 1140. The highest BCUT2D eigenvalue weighted by molar-refractivity contribution is 7.92. The van der Waals surface area contributed by atoms with Gasteiger partial charge in [0.05, 0.1) is 20.8 Å². The zero-order valence-corrected chi connectivity index (χ0v) is 16.7. The molecular weight excluding hydrogens is 423 g/mol. The van der Waals surface area contributed by atoms with Crippen LogP contribution in [0.25, 0.3) is 0 Å². The summed E-state index contributed by atoms with van der Waals surface area (Å²) in [6, 6.07) is 6.63. The van der Waals surface area contributed by atoms with Crippen molar-refractivity contribution in [3.8, 4) is 11.5 Å². The summed E-state index contributed by atoms with van der Waals surface area (Å²) in [6.45, 7) is -0.421. The molecule has 0 radical (unpaired) electrons. The second-order valence-electron chi connectivity index (χ2n) is 5.94. The quantitative estimate of drug-likeness (QED) is 0.562. The Kier molecular flexibility index (Phi) is 6.11. The van der Waals surface area contributed by atoms with Gasteiger partial charge in [-0.1, -0.05) is 0 Å².